The first-order valence-electron chi connectivity index (χ1n) is 9.94. The smallest absolute Gasteiger partial charge is 0.269 e. The molecule has 0 bridgehead atoms. The van der Waals surface area contributed by atoms with E-state index in [4.69, 9.17) is 0 Å². The van der Waals surface area contributed by atoms with Crippen molar-refractivity contribution in [1.82, 2.24) is 15.0 Å². The van der Waals surface area contributed by atoms with Gasteiger partial charge in [0.25, 0.3) is 17.2 Å². The van der Waals surface area contributed by atoms with Crippen LogP contribution in [0.5, 0.6) is 0 Å². The van der Waals surface area contributed by atoms with Gasteiger partial charge in [-0.15, -0.1) is 11.3 Å². The maximum Gasteiger partial charge on any atom is 0.269 e. The molecular formula is C21H21N5O4S. The highest BCUT2D eigenvalue weighted by atomic mass is 32.1. The Morgan fingerprint density at radius 3 is 2.87 bits per heavy atom. The van der Waals surface area contributed by atoms with E-state index in [0.717, 1.165) is 29.7 Å². The topological polar surface area (TPSA) is 119 Å². The Labute approximate surface area is 181 Å². The van der Waals surface area contributed by atoms with E-state index < -0.39 is 16.9 Å². The maximum atomic E-state index is 13.1. The van der Waals surface area contributed by atoms with Gasteiger partial charge >= 0.3 is 0 Å². The summed E-state index contributed by atoms with van der Waals surface area (Å²) in [6.45, 7) is 3.83. The van der Waals surface area contributed by atoms with Gasteiger partial charge in [0, 0.05) is 17.0 Å². The predicted octanol–water partition coefficient (Wildman–Crippen LogP) is 3.20. The van der Waals surface area contributed by atoms with E-state index in [1.807, 2.05) is 0 Å². The zero-order chi connectivity index (χ0) is 22.1. The highest BCUT2D eigenvalue weighted by Gasteiger charge is 2.25. The lowest BCUT2D eigenvalue weighted by Crippen LogP contribution is -2.34. The fourth-order valence-electron chi connectivity index (χ4n) is 3.69. The summed E-state index contributed by atoms with van der Waals surface area (Å²) in [5.74, 6) is 0.139. The summed E-state index contributed by atoms with van der Waals surface area (Å²) < 4.78 is 1.34. The molecular weight excluding hydrogens is 418 g/mol. The average molecular weight is 439 g/mol. The molecule has 1 aromatic carbocycles. The van der Waals surface area contributed by atoms with Crippen molar-refractivity contribution in [1.29, 1.82) is 0 Å². The van der Waals surface area contributed by atoms with Crippen LogP contribution in [0.4, 0.5) is 5.69 Å². The number of carbonyl (C=O) groups is 1. The van der Waals surface area contributed by atoms with Gasteiger partial charge < -0.3 is 0 Å². The van der Waals surface area contributed by atoms with E-state index in [-0.39, 0.29) is 11.2 Å². The summed E-state index contributed by atoms with van der Waals surface area (Å²) >= 11 is 1.57. The summed E-state index contributed by atoms with van der Waals surface area (Å²) in [5.41, 5.74) is 3.85. The van der Waals surface area contributed by atoms with Crippen LogP contribution in [-0.4, -0.2) is 26.6 Å². The van der Waals surface area contributed by atoms with E-state index in [1.54, 1.807) is 18.3 Å². The molecule has 0 unspecified atom stereocenters. The van der Waals surface area contributed by atoms with E-state index >= 15 is 0 Å². The van der Waals surface area contributed by atoms with Crippen LogP contribution >= 0.6 is 11.3 Å². The number of carbonyl (C=O) groups excluding carboxylic acids is 1. The second kappa shape index (κ2) is 8.38. The molecule has 0 saturated heterocycles. The minimum Gasteiger partial charge on any atom is -0.286 e. The minimum atomic E-state index is -0.795. The normalized spacial score (nSPS) is 16.9. The van der Waals surface area contributed by atoms with Gasteiger partial charge in [-0.3, -0.25) is 24.3 Å². The zero-order valence-electron chi connectivity index (χ0n) is 17.1. The summed E-state index contributed by atoms with van der Waals surface area (Å²) in [6, 6.07) is 4.97. The molecule has 1 amide bonds. The number of amides is 1. The largest absolute Gasteiger partial charge is 0.286 e. The lowest BCUT2D eigenvalue weighted by atomic mass is 9.89. The molecule has 2 heterocycles. The van der Waals surface area contributed by atoms with Crippen LogP contribution in [0.1, 0.15) is 42.3 Å². The molecule has 9 nitrogen and oxygen atoms in total. The third kappa shape index (κ3) is 4.11. The number of rotatable bonds is 5. The lowest BCUT2D eigenvalue weighted by molar-refractivity contribution is -0.384. The molecule has 10 heteroatoms. The molecule has 0 aliphatic heterocycles. The van der Waals surface area contributed by atoms with E-state index in [0.29, 0.717) is 16.9 Å². The lowest BCUT2D eigenvalue weighted by Gasteiger charge is -2.18. The monoisotopic (exact) mass is 439 g/mol. The highest BCUT2D eigenvalue weighted by Crippen LogP contribution is 2.35. The molecule has 0 saturated carbocycles. The number of nitro groups is 1. The number of nitro benzene ring substituents is 1. The summed E-state index contributed by atoms with van der Waals surface area (Å²) in [5, 5.41) is 15.2. The Bertz CT molecular complexity index is 1250. The molecule has 0 spiro atoms. The average Bonchev–Trinajstić information content (AvgIpc) is 3.12. The second-order valence-electron chi connectivity index (χ2n) is 7.75. The summed E-state index contributed by atoms with van der Waals surface area (Å²) in [7, 11) is 0. The number of benzene rings is 1. The number of aryl methyl sites for hydroxylation is 1. The first-order chi connectivity index (χ1) is 14.8. The van der Waals surface area contributed by atoms with Gasteiger partial charge in [-0.1, -0.05) is 6.92 Å². The SMILES string of the molecule is C[C@H]1CCc2c(sc3ncn([C@@H](C)C(=O)N/N=C\c4ccc([N+](=O)[O-])cc4)c(=O)c23)C1. The van der Waals surface area contributed by atoms with Crippen molar-refractivity contribution >= 4 is 39.4 Å². The number of hydrazone groups is 1. The second-order valence-corrected chi connectivity index (χ2v) is 8.83. The summed E-state index contributed by atoms with van der Waals surface area (Å²) in [6.07, 6.45) is 5.66. The Kier molecular flexibility index (Phi) is 5.64. The molecule has 1 aliphatic rings. The van der Waals surface area contributed by atoms with Gasteiger partial charge in [0.2, 0.25) is 0 Å². The Morgan fingerprint density at radius 1 is 1.42 bits per heavy atom. The maximum absolute atomic E-state index is 13.1. The molecule has 1 N–H and O–H groups in total. The van der Waals surface area contributed by atoms with Gasteiger partial charge in [0.1, 0.15) is 10.9 Å². The van der Waals surface area contributed by atoms with E-state index in [1.165, 1.54) is 46.3 Å². The van der Waals surface area contributed by atoms with Crippen molar-refractivity contribution < 1.29 is 9.72 Å². The standard InChI is InChI=1S/C21H21N5O4S/c1-12-3-8-16-17(9-12)31-20-18(16)21(28)25(11-22-20)13(2)19(27)24-23-10-14-4-6-15(7-5-14)26(29)30/h4-7,10-13H,3,8-9H2,1-2H3,(H,24,27)/b23-10-/t12-,13-/m0/s1. The third-order valence-corrected chi connectivity index (χ3v) is 6.69. The minimum absolute atomic E-state index is 0.0258. The quantitative estimate of drug-likeness (QED) is 0.372. The Morgan fingerprint density at radius 2 is 2.16 bits per heavy atom. The van der Waals surface area contributed by atoms with Crippen LogP contribution in [-0.2, 0) is 17.6 Å². The van der Waals surface area contributed by atoms with Crippen molar-refractivity contribution in [2.45, 2.75) is 39.2 Å². The Hall–Kier alpha value is -3.40. The van der Waals surface area contributed by atoms with Gasteiger partial charge in [-0.05, 0) is 55.4 Å². The number of fused-ring (bicyclic) bond motifs is 3. The molecule has 2 atom stereocenters. The fourth-order valence-corrected chi connectivity index (χ4v) is 5.03. The number of nitrogens with zero attached hydrogens (tertiary/aromatic N) is 4. The molecule has 3 aromatic rings. The van der Waals surface area contributed by atoms with Gasteiger partial charge in [0.15, 0.2) is 0 Å². The first kappa shape index (κ1) is 20.9. The first-order valence-corrected chi connectivity index (χ1v) is 10.8. The van der Waals surface area contributed by atoms with Gasteiger partial charge in [-0.2, -0.15) is 5.10 Å². The van der Waals surface area contributed by atoms with Crippen LogP contribution in [0.3, 0.4) is 0 Å². The van der Waals surface area contributed by atoms with Crippen LogP contribution in [0.25, 0.3) is 10.2 Å². The number of nitrogens with one attached hydrogen (secondary N) is 1. The molecule has 0 radical (unpaired) electrons. The zero-order valence-corrected chi connectivity index (χ0v) is 17.9. The molecule has 1 aliphatic carbocycles. The van der Waals surface area contributed by atoms with Crippen molar-refractivity contribution in [3.8, 4) is 0 Å². The molecule has 160 valence electrons. The van der Waals surface area contributed by atoms with Crippen LogP contribution < -0.4 is 11.0 Å². The highest BCUT2D eigenvalue weighted by molar-refractivity contribution is 7.18. The van der Waals surface area contributed by atoms with Crippen molar-refractivity contribution in [2.75, 3.05) is 0 Å². The number of non-ortho nitro benzene ring substituents is 1. The number of thiophene rings is 1. The van der Waals surface area contributed by atoms with Gasteiger partial charge in [-0.25, -0.2) is 10.4 Å². The fraction of sp³-hybridized carbons (Fsp3) is 0.333. The molecule has 0 fully saturated rings. The van der Waals surface area contributed by atoms with Crippen LogP contribution in [0, 0.1) is 16.0 Å². The van der Waals surface area contributed by atoms with E-state index in [9.17, 15) is 19.7 Å². The number of hydrogen-bond donors (Lipinski definition) is 1. The van der Waals surface area contributed by atoms with Gasteiger partial charge in [0.05, 0.1) is 22.9 Å². The van der Waals surface area contributed by atoms with Crippen molar-refractivity contribution in [2.24, 2.45) is 11.0 Å². The predicted molar refractivity (Wildman–Crippen MR) is 119 cm³/mol. The Balaban J connectivity index is 1.51. The molecule has 31 heavy (non-hydrogen) atoms. The van der Waals surface area contributed by atoms with Crippen LogP contribution in [0.2, 0.25) is 0 Å². The van der Waals surface area contributed by atoms with Crippen LogP contribution in [0.15, 0.2) is 40.5 Å². The third-order valence-electron chi connectivity index (χ3n) is 5.53. The number of hydrogen-bond acceptors (Lipinski definition) is 7. The summed E-state index contributed by atoms with van der Waals surface area (Å²) in [4.78, 5) is 42.3. The van der Waals surface area contributed by atoms with Crippen molar-refractivity contribution in [3.05, 3.63) is 67.1 Å². The molecule has 2 aromatic heterocycles. The number of aromatic nitrogens is 2. The molecule has 4 rings (SSSR count). The van der Waals surface area contributed by atoms with Crippen molar-refractivity contribution in [3.63, 3.8) is 0 Å². The van der Waals surface area contributed by atoms with E-state index in [2.05, 4.69) is 22.4 Å².